The molecule has 8 nitrogen and oxygen atoms in total. The van der Waals surface area contributed by atoms with Gasteiger partial charge in [0.1, 0.15) is 24.4 Å². The molecule has 0 saturated carbocycles. The summed E-state index contributed by atoms with van der Waals surface area (Å²) in [7, 11) is 1.26. The predicted octanol–water partition coefficient (Wildman–Crippen LogP) is -1.56. The standard InChI is InChI=1S/C13H20O8/c1-4-7(12(19-3)6(2)15)20-13-11(18)10(17)9(16)8(5-14)21-13/h4,8-11,13-14,16-18H,1,5H2,2-3H3/b12-7+/t8?,9?,10?,11?,13-/m0/s1. The molecule has 0 spiro atoms. The second-order valence-corrected chi connectivity index (χ2v) is 4.47. The van der Waals surface area contributed by atoms with E-state index in [2.05, 4.69) is 6.58 Å². The van der Waals surface area contributed by atoms with Crippen LogP contribution in [0.25, 0.3) is 0 Å². The summed E-state index contributed by atoms with van der Waals surface area (Å²) in [6.07, 6.45) is -5.98. The molecule has 1 rings (SSSR count). The first-order valence-electron chi connectivity index (χ1n) is 6.26. The Labute approximate surface area is 121 Å². The molecule has 1 fully saturated rings. The number of allylic oxidation sites excluding steroid dienone is 2. The molecule has 4 unspecified atom stereocenters. The number of aliphatic hydroxyl groups is 4. The van der Waals surface area contributed by atoms with Gasteiger partial charge in [0.25, 0.3) is 0 Å². The molecule has 8 heteroatoms. The second kappa shape index (κ2) is 7.53. The fourth-order valence-electron chi connectivity index (χ4n) is 1.90. The molecular formula is C13H20O8. The molecular weight excluding hydrogens is 284 g/mol. The van der Waals surface area contributed by atoms with Gasteiger partial charge in [0.05, 0.1) is 13.7 Å². The van der Waals surface area contributed by atoms with Crippen molar-refractivity contribution in [3.63, 3.8) is 0 Å². The molecule has 0 aromatic heterocycles. The van der Waals surface area contributed by atoms with E-state index in [1.165, 1.54) is 20.1 Å². The molecule has 1 aliphatic rings. The van der Waals surface area contributed by atoms with Gasteiger partial charge in [-0.05, 0) is 6.08 Å². The van der Waals surface area contributed by atoms with Gasteiger partial charge in [-0.25, -0.2) is 0 Å². The van der Waals surface area contributed by atoms with Crippen LogP contribution in [0.4, 0.5) is 0 Å². The molecule has 120 valence electrons. The number of Topliss-reactive ketones (excluding diaryl/α,β-unsaturated/α-hetero) is 1. The Morgan fingerprint density at radius 1 is 1.29 bits per heavy atom. The van der Waals surface area contributed by atoms with Crippen LogP contribution >= 0.6 is 0 Å². The Bertz CT molecular complexity index is 416. The number of rotatable bonds is 6. The van der Waals surface area contributed by atoms with Crippen molar-refractivity contribution in [1.29, 1.82) is 0 Å². The van der Waals surface area contributed by atoms with Crippen LogP contribution in [-0.4, -0.2) is 70.6 Å². The van der Waals surface area contributed by atoms with Crippen molar-refractivity contribution in [3.05, 3.63) is 24.2 Å². The Hall–Kier alpha value is -1.45. The molecule has 0 bridgehead atoms. The Morgan fingerprint density at radius 2 is 1.90 bits per heavy atom. The minimum atomic E-state index is -1.58. The lowest BCUT2D eigenvalue weighted by atomic mass is 9.99. The average molecular weight is 304 g/mol. The van der Waals surface area contributed by atoms with Crippen LogP contribution in [0.3, 0.4) is 0 Å². The zero-order valence-corrected chi connectivity index (χ0v) is 11.8. The molecule has 0 aliphatic carbocycles. The molecule has 0 amide bonds. The van der Waals surface area contributed by atoms with Crippen LogP contribution in [0.2, 0.25) is 0 Å². The third kappa shape index (κ3) is 3.80. The van der Waals surface area contributed by atoms with Crippen molar-refractivity contribution in [2.75, 3.05) is 13.7 Å². The van der Waals surface area contributed by atoms with Crippen molar-refractivity contribution in [2.45, 2.75) is 37.6 Å². The highest BCUT2D eigenvalue weighted by Crippen LogP contribution is 2.25. The van der Waals surface area contributed by atoms with Gasteiger partial charge in [-0.15, -0.1) is 0 Å². The zero-order chi connectivity index (χ0) is 16.2. The van der Waals surface area contributed by atoms with Gasteiger partial charge in [0.15, 0.2) is 11.5 Å². The van der Waals surface area contributed by atoms with E-state index >= 15 is 0 Å². The summed E-state index contributed by atoms with van der Waals surface area (Å²) in [6, 6.07) is 0. The summed E-state index contributed by atoms with van der Waals surface area (Å²) in [5.74, 6) is -0.659. The maximum atomic E-state index is 11.4. The van der Waals surface area contributed by atoms with E-state index < -0.39 is 43.1 Å². The van der Waals surface area contributed by atoms with E-state index in [0.29, 0.717) is 0 Å². The lowest BCUT2D eigenvalue weighted by molar-refractivity contribution is -0.290. The van der Waals surface area contributed by atoms with Gasteiger partial charge < -0.3 is 34.6 Å². The number of ketones is 1. The molecule has 1 heterocycles. The maximum absolute atomic E-state index is 11.4. The second-order valence-electron chi connectivity index (χ2n) is 4.47. The van der Waals surface area contributed by atoms with Crippen LogP contribution in [0, 0.1) is 0 Å². The highest BCUT2D eigenvalue weighted by Gasteiger charge is 2.45. The van der Waals surface area contributed by atoms with E-state index in [1.54, 1.807) is 0 Å². The molecule has 4 N–H and O–H groups in total. The third-order valence-electron chi connectivity index (χ3n) is 3.02. The van der Waals surface area contributed by atoms with E-state index in [1.807, 2.05) is 0 Å². The lowest BCUT2D eigenvalue weighted by Gasteiger charge is -2.39. The minimum Gasteiger partial charge on any atom is -0.490 e. The van der Waals surface area contributed by atoms with Crippen LogP contribution in [0.5, 0.6) is 0 Å². The fraction of sp³-hybridized carbons (Fsp3) is 0.615. The number of ether oxygens (including phenoxy) is 3. The van der Waals surface area contributed by atoms with E-state index in [4.69, 9.17) is 19.3 Å². The Kier molecular flexibility index (Phi) is 6.31. The minimum absolute atomic E-state index is 0.0886. The number of hydrogen-bond acceptors (Lipinski definition) is 8. The number of aliphatic hydroxyl groups excluding tert-OH is 4. The normalized spacial score (nSPS) is 33.9. The van der Waals surface area contributed by atoms with Crippen LogP contribution in [-0.2, 0) is 19.0 Å². The number of hydrogen-bond donors (Lipinski definition) is 4. The van der Waals surface area contributed by atoms with Crippen LogP contribution < -0.4 is 0 Å². The molecule has 0 aromatic carbocycles. The SMILES string of the molecule is C=C/C(O[C@H]1OC(CO)C(O)C(O)C1O)=C(\OC)C(C)=O. The molecule has 21 heavy (non-hydrogen) atoms. The largest absolute Gasteiger partial charge is 0.490 e. The fourth-order valence-corrected chi connectivity index (χ4v) is 1.90. The first-order chi connectivity index (χ1) is 9.87. The highest BCUT2D eigenvalue weighted by atomic mass is 16.7. The smallest absolute Gasteiger partial charge is 0.229 e. The summed E-state index contributed by atoms with van der Waals surface area (Å²) in [4.78, 5) is 11.4. The number of carbonyl (C=O) groups is 1. The van der Waals surface area contributed by atoms with Gasteiger partial charge in [-0.2, -0.15) is 0 Å². The van der Waals surface area contributed by atoms with Crippen molar-refractivity contribution in [2.24, 2.45) is 0 Å². The number of methoxy groups -OCH3 is 1. The highest BCUT2D eigenvalue weighted by molar-refractivity contribution is 5.92. The van der Waals surface area contributed by atoms with Gasteiger partial charge in [0.2, 0.25) is 12.0 Å². The molecule has 1 aliphatic heterocycles. The Balaban J connectivity index is 2.98. The van der Waals surface area contributed by atoms with Crippen molar-refractivity contribution < 1.29 is 39.4 Å². The first-order valence-corrected chi connectivity index (χ1v) is 6.26. The molecule has 0 aromatic rings. The summed E-state index contributed by atoms with van der Waals surface area (Å²) >= 11 is 0. The topological polar surface area (TPSA) is 126 Å². The van der Waals surface area contributed by atoms with Gasteiger partial charge in [-0.1, -0.05) is 6.58 Å². The van der Waals surface area contributed by atoms with Crippen molar-refractivity contribution in [1.82, 2.24) is 0 Å². The van der Waals surface area contributed by atoms with E-state index in [9.17, 15) is 20.1 Å². The van der Waals surface area contributed by atoms with E-state index in [-0.39, 0.29) is 11.5 Å². The monoisotopic (exact) mass is 304 g/mol. The predicted molar refractivity (Wildman–Crippen MR) is 69.8 cm³/mol. The van der Waals surface area contributed by atoms with Crippen LogP contribution in [0.15, 0.2) is 24.2 Å². The zero-order valence-electron chi connectivity index (χ0n) is 11.8. The van der Waals surface area contributed by atoms with Crippen molar-refractivity contribution in [3.8, 4) is 0 Å². The lowest BCUT2D eigenvalue weighted by Crippen LogP contribution is -2.59. The summed E-state index contributed by atoms with van der Waals surface area (Å²) in [5.41, 5.74) is 0. The maximum Gasteiger partial charge on any atom is 0.229 e. The average Bonchev–Trinajstić information content (AvgIpc) is 2.46. The van der Waals surface area contributed by atoms with Crippen molar-refractivity contribution >= 4 is 5.78 Å². The number of carbonyl (C=O) groups excluding carboxylic acids is 1. The summed E-state index contributed by atoms with van der Waals surface area (Å²) in [6.45, 7) is 4.13. The quantitative estimate of drug-likeness (QED) is 0.264. The summed E-state index contributed by atoms with van der Waals surface area (Å²) < 4.78 is 15.3. The van der Waals surface area contributed by atoms with Gasteiger partial charge in [0, 0.05) is 6.92 Å². The van der Waals surface area contributed by atoms with E-state index in [0.717, 1.165) is 0 Å². The third-order valence-corrected chi connectivity index (χ3v) is 3.02. The molecule has 0 radical (unpaired) electrons. The molecule has 5 atom stereocenters. The van der Waals surface area contributed by atoms with Crippen LogP contribution in [0.1, 0.15) is 6.92 Å². The first kappa shape index (κ1) is 17.6. The van der Waals surface area contributed by atoms with Gasteiger partial charge >= 0.3 is 0 Å². The molecule has 1 saturated heterocycles. The summed E-state index contributed by atoms with van der Waals surface area (Å²) in [5, 5.41) is 38.2. The Morgan fingerprint density at radius 3 is 2.33 bits per heavy atom. The van der Waals surface area contributed by atoms with Gasteiger partial charge in [-0.3, -0.25) is 4.79 Å².